The molecule has 3 aromatic heterocycles. The second-order valence-electron chi connectivity index (χ2n) is 16.8. The first kappa shape index (κ1) is 55.3. The minimum absolute atomic E-state index is 0. The van der Waals surface area contributed by atoms with Crippen molar-refractivity contribution < 1.29 is 38.8 Å². The summed E-state index contributed by atoms with van der Waals surface area (Å²) >= 11 is 0. The van der Waals surface area contributed by atoms with Gasteiger partial charge in [-0.3, -0.25) is 14.4 Å². The molecule has 5 rings (SSSR count). The molecule has 9 N–H and O–H groups in total. The molecule has 2 fully saturated rings. The minimum Gasteiger partial charge on any atom is -0.481 e. The number of hydrogen-bond acceptors (Lipinski definition) is 20. The predicted molar refractivity (Wildman–Crippen MR) is 253 cm³/mol. The highest BCUT2D eigenvalue weighted by Gasteiger charge is 2.34. The van der Waals surface area contributed by atoms with Gasteiger partial charge in [-0.15, -0.1) is 29.0 Å². The van der Waals surface area contributed by atoms with Crippen LogP contribution in [0.25, 0.3) is 0 Å². The number of carbonyl (C=O) groups is 3. The van der Waals surface area contributed by atoms with Crippen LogP contribution in [0.4, 0.5) is 17.8 Å². The number of amides is 2. The van der Waals surface area contributed by atoms with Crippen molar-refractivity contribution in [3.05, 3.63) is 23.8 Å². The average molecular weight is 977 g/mol. The number of hydrogen-bond donors (Lipinski definition) is 6. The average Bonchev–Trinajstić information content (AvgIpc) is 4.03. The largest absolute Gasteiger partial charge is 0.481 e. The number of ether oxygens (including phenoxy) is 3. The van der Waals surface area contributed by atoms with Gasteiger partial charge in [0, 0.05) is 65.3 Å². The second kappa shape index (κ2) is 28.9. The number of terminal acetylenes is 1. The van der Waals surface area contributed by atoms with Gasteiger partial charge in [0.1, 0.15) is 24.4 Å². The Labute approximate surface area is 403 Å². The number of carbonyl (C=O) groups excluding carboxylic acids is 2. The summed E-state index contributed by atoms with van der Waals surface area (Å²) < 4.78 is 19.4. The Morgan fingerprint density at radius 1 is 0.765 bits per heavy atom. The van der Waals surface area contributed by atoms with Crippen LogP contribution in [0.3, 0.4) is 0 Å². The molecule has 0 aliphatic carbocycles. The fourth-order valence-electron chi connectivity index (χ4n) is 7.62. The van der Waals surface area contributed by atoms with E-state index in [-0.39, 0.29) is 56.3 Å². The van der Waals surface area contributed by atoms with Gasteiger partial charge >= 0.3 is 5.97 Å². The van der Waals surface area contributed by atoms with Gasteiger partial charge < -0.3 is 66.5 Å². The summed E-state index contributed by atoms with van der Waals surface area (Å²) in [5.74, 6) is 2.51. The summed E-state index contributed by atoms with van der Waals surface area (Å²) in [4.78, 5) is 61.7. The van der Waals surface area contributed by atoms with Gasteiger partial charge in [-0.1, -0.05) is 30.2 Å². The first-order valence-electron chi connectivity index (χ1n) is 23.0. The lowest BCUT2D eigenvalue weighted by molar-refractivity contribution is -0.139. The molecule has 25 nitrogen and oxygen atoms in total. The molecule has 68 heavy (non-hydrogen) atoms. The maximum Gasteiger partial charge on any atom is 0.303 e. The Balaban J connectivity index is 0.0000101. The summed E-state index contributed by atoms with van der Waals surface area (Å²) in [5, 5.41) is 39.1. The van der Waals surface area contributed by atoms with Crippen LogP contribution in [0.15, 0.2) is 12.4 Å². The maximum atomic E-state index is 14.1. The van der Waals surface area contributed by atoms with Gasteiger partial charge in [-0.25, -0.2) is 9.36 Å². The summed E-state index contributed by atoms with van der Waals surface area (Å²) in [7, 11) is 0. The van der Waals surface area contributed by atoms with Crippen molar-refractivity contribution in [1.82, 2.24) is 54.7 Å². The maximum absolute atomic E-state index is 14.1. The number of carboxylic acids is 1. The number of anilines is 3. The Morgan fingerprint density at radius 3 is 1.78 bits per heavy atom. The van der Waals surface area contributed by atoms with Crippen LogP contribution in [-0.4, -0.2) is 194 Å². The molecule has 378 valence electrons. The highest BCUT2D eigenvalue weighted by atomic mass is 35.5. The van der Waals surface area contributed by atoms with Crippen LogP contribution in [-0.2, 0) is 28.6 Å². The van der Waals surface area contributed by atoms with E-state index in [0.717, 1.165) is 6.42 Å². The highest BCUT2D eigenvalue weighted by molar-refractivity contribution is 5.85. The Bertz CT molecular complexity index is 2020. The summed E-state index contributed by atoms with van der Waals surface area (Å²) in [5.41, 5.74) is 19.0. The number of aromatic nitrogens is 9. The SMILES string of the molecule is C#CCOCCOCCOCCNc1nc(N2CCN(C(=O)[C@H](CCCCN)n3cc(C(N)CO)nn3)CC2)nc(N2CCN(C(=O)[C@H](CCC(=O)O)n3cc(C(N)CC(C)C)nn3)CC2)n1.Cl. The molecule has 2 unspecified atom stereocenters. The van der Waals surface area contributed by atoms with Crippen molar-refractivity contribution in [1.29, 1.82) is 0 Å². The zero-order valence-electron chi connectivity index (χ0n) is 39.2. The predicted octanol–water partition coefficient (Wildman–Crippen LogP) is -0.617. The molecule has 2 saturated heterocycles. The number of aliphatic carboxylic acids is 1. The van der Waals surface area contributed by atoms with Gasteiger partial charge in [0.2, 0.25) is 29.7 Å². The van der Waals surface area contributed by atoms with Crippen LogP contribution in [0.1, 0.15) is 87.9 Å². The lowest BCUT2D eigenvalue weighted by Crippen LogP contribution is -2.52. The van der Waals surface area contributed by atoms with Crippen molar-refractivity contribution in [2.75, 3.05) is 127 Å². The van der Waals surface area contributed by atoms with Crippen molar-refractivity contribution in [3.8, 4) is 12.3 Å². The number of aliphatic hydroxyl groups is 1. The minimum atomic E-state index is -1.02. The van der Waals surface area contributed by atoms with Gasteiger partial charge in [-0.05, 0) is 44.6 Å². The van der Waals surface area contributed by atoms with Crippen molar-refractivity contribution in [2.45, 2.75) is 76.5 Å². The first-order valence-corrected chi connectivity index (χ1v) is 23.0. The van der Waals surface area contributed by atoms with Gasteiger partial charge in [0.15, 0.2) is 0 Å². The van der Waals surface area contributed by atoms with E-state index in [1.54, 1.807) is 22.2 Å². The number of piperazine rings is 2. The zero-order valence-corrected chi connectivity index (χ0v) is 40.0. The molecule has 0 saturated carbocycles. The molecule has 0 aromatic carbocycles. The summed E-state index contributed by atoms with van der Waals surface area (Å²) in [6, 6.07) is -2.57. The van der Waals surface area contributed by atoms with Gasteiger partial charge in [-0.2, -0.15) is 15.0 Å². The molecule has 0 radical (unpaired) electrons. The summed E-state index contributed by atoms with van der Waals surface area (Å²) in [6.45, 7) is 9.92. The monoisotopic (exact) mass is 976 g/mol. The van der Waals surface area contributed by atoms with Crippen LogP contribution >= 0.6 is 12.4 Å². The van der Waals surface area contributed by atoms with Crippen LogP contribution in [0.5, 0.6) is 0 Å². The number of carboxylic acid groups (broad SMARTS) is 1. The number of nitrogens with one attached hydrogen (secondary N) is 1. The zero-order chi connectivity index (χ0) is 48.1. The molecule has 2 aliphatic rings. The molecule has 2 amide bonds. The van der Waals surface area contributed by atoms with Crippen molar-refractivity contribution in [2.24, 2.45) is 23.1 Å². The van der Waals surface area contributed by atoms with Crippen LogP contribution < -0.4 is 32.3 Å². The third kappa shape index (κ3) is 16.7. The van der Waals surface area contributed by atoms with Gasteiger partial charge in [0.25, 0.3) is 0 Å². The fourth-order valence-corrected chi connectivity index (χ4v) is 7.62. The number of halogens is 1. The molecule has 2 aliphatic heterocycles. The molecular formula is C42H70ClN17O8. The number of aliphatic hydroxyl groups excluding tert-OH is 1. The molecular weight excluding hydrogens is 906 g/mol. The lowest BCUT2D eigenvalue weighted by atomic mass is 10.0. The highest BCUT2D eigenvalue weighted by Crippen LogP contribution is 2.25. The van der Waals surface area contributed by atoms with Gasteiger partial charge in [0.05, 0.1) is 69.8 Å². The number of rotatable bonds is 29. The van der Waals surface area contributed by atoms with E-state index in [1.165, 1.54) is 9.36 Å². The van der Waals surface area contributed by atoms with E-state index in [9.17, 15) is 24.6 Å². The third-order valence-corrected chi connectivity index (χ3v) is 11.3. The fraction of sp³-hybridized carbons (Fsp3) is 0.714. The van der Waals surface area contributed by atoms with E-state index >= 15 is 0 Å². The van der Waals surface area contributed by atoms with Crippen molar-refractivity contribution >= 4 is 48.0 Å². The smallest absolute Gasteiger partial charge is 0.303 e. The lowest BCUT2D eigenvalue weighted by Gasteiger charge is -2.38. The quantitative estimate of drug-likeness (QED) is 0.0373. The molecule has 0 spiro atoms. The van der Waals surface area contributed by atoms with Crippen LogP contribution in [0.2, 0.25) is 0 Å². The molecule has 5 heterocycles. The van der Waals surface area contributed by atoms with E-state index < -0.39 is 24.1 Å². The molecule has 26 heteroatoms. The van der Waals surface area contributed by atoms with E-state index in [4.69, 9.17) is 52.8 Å². The number of nitrogens with two attached hydrogens (primary N) is 3. The van der Waals surface area contributed by atoms with E-state index in [1.807, 2.05) is 9.80 Å². The standard InChI is InChI=1S/C42H69N17O8.ClH/c1-4-20-65-22-24-67-25-23-66-21-11-46-40-47-41(56-16-12-54(13-17-56)38(63)35(7-5-6-10-43)58-28-34(51-53-58)32(45)29-60)49-42(48-40)57-18-14-55(15-19-57)39(64)36(8-9-37(61)62)59-27-33(50-52-59)31(44)26-30(2)3;/h1,27-28,30-32,35-36,60H,5-26,29,43-45H2,2-3H3,(H,61,62)(H,46,47,48,49);1H/t31?,32?,35-,36-;/m0./s1. The Morgan fingerprint density at radius 2 is 1.28 bits per heavy atom. The van der Waals surface area contributed by atoms with Crippen LogP contribution in [0, 0.1) is 18.3 Å². The number of nitrogens with zero attached hydrogens (tertiary/aromatic N) is 13. The van der Waals surface area contributed by atoms with E-state index in [0.29, 0.717) is 153 Å². The Hall–Kier alpha value is -5.33. The summed E-state index contributed by atoms with van der Waals surface area (Å²) in [6.07, 6.45) is 10.9. The Kier molecular flexibility index (Phi) is 23.5. The topological polar surface area (TPSA) is 322 Å². The van der Waals surface area contributed by atoms with Crippen molar-refractivity contribution in [3.63, 3.8) is 0 Å². The first-order chi connectivity index (χ1) is 32.4. The van der Waals surface area contributed by atoms with E-state index in [2.05, 4.69) is 45.7 Å². The molecule has 0 bridgehead atoms. The normalized spacial score (nSPS) is 16.0. The second-order valence-corrected chi connectivity index (χ2v) is 16.8. The number of unbranched alkanes of at least 4 members (excludes halogenated alkanes) is 1. The third-order valence-electron chi connectivity index (χ3n) is 11.3. The molecule has 3 aromatic rings. The molecule has 4 atom stereocenters.